The minimum atomic E-state index is -0.0872. The number of benzene rings is 2. The van der Waals surface area contributed by atoms with Gasteiger partial charge in [0.25, 0.3) is 5.56 Å². The standard InChI is InChI=1S/C21H21N3O2/c1-14-22-19-9-5-4-8-18(19)21(26)24(14)17-12-10-16(11-13-17)23-20(25)15-6-2-3-7-15/h4-5,8-13,15H,2-3,6-7H2,1H3,(H,23,25). The zero-order valence-electron chi connectivity index (χ0n) is 14.7. The fourth-order valence-electron chi connectivity index (χ4n) is 3.67. The van der Waals surface area contributed by atoms with Gasteiger partial charge in [0.05, 0.1) is 16.6 Å². The number of nitrogens with zero attached hydrogens (tertiary/aromatic N) is 2. The minimum Gasteiger partial charge on any atom is -0.326 e. The summed E-state index contributed by atoms with van der Waals surface area (Å²) in [4.78, 5) is 29.6. The van der Waals surface area contributed by atoms with Crippen molar-refractivity contribution in [1.29, 1.82) is 0 Å². The number of carbonyl (C=O) groups excluding carboxylic acids is 1. The van der Waals surface area contributed by atoms with E-state index in [4.69, 9.17) is 0 Å². The molecule has 3 aromatic rings. The molecule has 0 spiro atoms. The van der Waals surface area contributed by atoms with Gasteiger partial charge in [-0.2, -0.15) is 0 Å². The van der Waals surface area contributed by atoms with E-state index in [1.54, 1.807) is 10.6 Å². The number of aromatic nitrogens is 2. The summed E-state index contributed by atoms with van der Waals surface area (Å²) in [6.45, 7) is 1.82. The summed E-state index contributed by atoms with van der Waals surface area (Å²) in [5.74, 6) is 0.858. The van der Waals surface area contributed by atoms with Crippen LogP contribution in [0.2, 0.25) is 0 Å². The normalized spacial score (nSPS) is 14.7. The molecule has 1 aliphatic carbocycles. The van der Waals surface area contributed by atoms with Crippen LogP contribution in [-0.2, 0) is 4.79 Å². The van der Waals surface area contributed by atoms with Gasteiger partial charge in [-0.3, -0.25) is 14.2 Å². The molecule has 1 fully saturated rings. The third-order valence-electron chi connectivity index (χ3n) is 5.06. The minimum absolute atomic E-state index is 0.0872. The van der Waals surface area contributed by atoms with Gasteiger partial charge in [0.15, 0.2) is 0 Å². The third kappa shape index (κ3) is 3.01. The number of nitrogens with one attached hydrogen (secondary N) is 1. The summed E-state index contributed by atoms with van der Waals surface area (Å²) >= 11 is 0. The van der Waals surface area contributed by atoms with Crippen molar-refractivity contribution in [3.63, 3.8) is 0 Å². The Balaban J connectivity index is 1.64. The fraction of sp³-hybridized carbons (Fsp3) is 0.286. The van der Waals surface area contributed by atoms with E-state index in [0.717, 1.165) is 37.1 Å². The van der Waals surface area contributed by atoms with Gasteiger partial charge in [0, 0.05) is 11.6 Å². The van der Waals surface area contributed by atoms with E-state index < -0.39 is 0 Å². The maximum absolute atomic E-state index is 12.8. The monoisotopic (exact) mass is 347 g/mol. The van der Waals surface area contributed by atoms with Gasteiger partial charge in [-0.05, 0) is 56.2 Å². The van der Waals surface area contributed by atoms with E-state index in [2.05, 4.69) is 10.3 Å². The fourth-order valence-corrected chi connectivity index (χ4v) is 3.67. The molecule has 5 nitrogen and oxygen atoms in total. The predicted molar refractivity (Wildman–Crippen MR) is 103 cm³/mol. The molecule has 4 rings (SSSR count). The van der Waals surface area contributed by atoms with E-state index in [1.165, 1.54) is 0 Å². The Kier molecular flexibility index (Phi) is 4.29. The van der Waals surface area contributed by atoms with Crippen LogP contribution in [0.25, 0.3) is 16.6 Å². The first-order valence-electron chi connectivity index (χ1n) is 9.03. The van der Waals surface area contributed by atoms with Gasteiger partial charge in [-0.15, -0.1) is 0 Å². The Hall–Kier alpha value is -2.95. The number of anilines is 1. The van der Waals surface area contributed by atoms with Crippen LogP contribution in [-0.4, -0.2) is 15.5 Å². The van der Waals surface area contributed by atoms with Gasteiger partial charge >= 0.3 is 0 Å². The van der Waals surface area contributed by atoms with Crippen LogP contribution in [0.5, 0.6) is 0 Å². The smallest absolute Gasteiger partial charge is 0.265 e. The number of hydrogen-bond donors (Lipinski definition) is 1. The largest absolute Gasteiger partial charge is 0.326 e. The highest BCUT2D eigenvalue weighted by Gasteiger charge is 2.22. The Bertz CT molecular complexity index is 1020. The molecular formula is C21H21N3O2. The quantitative estimate of drug-likeness (QED) is 0.783. The number of hydrogen-bond acceptors (Lipinski definition) is 3. The molecule has 1 N–H and O–H groups in total. The molecule has 132 valence electrons. The average molecular weight is 347 g/mol. The molecular weight excluding hydrogens is 326 g/mol. The van der Waals surface area contributed by atoms with Crippen LogP contribution in [0, 0.1) is 12.8 Å². The number of amides is 1. The maximum Gasteiger partial charge on any atom is 0.265 e. The molecule has 0 radical (unpaired) electrons. The highest BCUT2D eigenvalue weighted by atomic mass is 16.2. The van der Waals surface area contributed by atoms with E-state index in [9.17, 15) is 9.59 Å². The summed E-state index contributed by atoms with van der Waals surface area (Å²) in [6, 6.07) is 14.7. The predicted octanol–water partition coefficient (Wildman–Crippen LogP) is 3.82. The van der Waals surface area contributed by atoms with Gasteiger partial charge < -0.3 is 5.32 Å². The lowest BCUT2D eigenvalue weighted by Gasteiger charge is -2.13. The molecule has 26 heavy (non-hydrogen) atoms. The number of fused-ring (bicyclic) bond motifs is 1. The first-order chi connectivity index (χ1) is 12.6. The molecule has 1 aromatic heterocycles. The topological polar surface area (TPSA) is 64.0 Å². The molecule has 1 amide bonds. The lowest BCUT2D eigenvalue weighted by molar-refractivity contribution is -0.119. The SMILES string of the molecule is Cc1nc2ccccc2c(=O)n1-c1ccc(NC(=O)C2CCCC2)cc1. The second-order valence-electron chi connectivity index (χ2n) is 6.83. The van der Waals surface area contributed by atoms with Crippen molar-refractivity contribution >= 4 is 22.5 Å². The summed E-state index contributed by atoms with van der Waals surface area (Å²) in [5, 5.41) is 3.57. The first-order valence-corrected chi connectivity index (χ1v) is 9.03. The summed E-state index contributed by atoms with van der Waals surface area (Å²) in [5.41, 5.74) is 2.11. The molecule has 0 aliphatic heterocycles. The number of aryl methyl sites for hydroxylation is 1. The van der Waals surface area contributed by atoms with Crippen molar-refractivity contribution in [2.45, 2.75) is 32.6 Å². The van der Waals surface area contributed by atoms with Crippen molar-refractivity contribution in [1.82, 2.24) is 9.55 Å². The zero-order valence-corrected chi connectivity index (χ0v) is 14.7. The lowest BCUT2D eigenvalue weighted by atomic mass is 10.1. The Morgan fingerprint density at radius 1 is 1.08 bits per heavy atom. The van der Waals surface area contributed by atoms with Crippen LogP contribution in [0.15, 0.2) is 53.3 Å². The molecule has 2 aromatic carbocycles. The zero-order chi connectivity index (χ0) is 18.1. The van der Waals surface area contributed by atoms with Crippen LogP contribution in [0.3, 0.4) is 0 Å². The average Bonchev–Trinajstić information content (AvgIpc) is 3.18. The highest BCUT2D eigenvalue weighted by molar-refractivity contribution is 5.92. The summed E-state index contributed by atoms with van der Waals surface area (Å²) < 4.78 is 1.60. The molecule has 1 aliphatic rings. The maximum atomic E-state index is 12.8. The summed E-state index contributed by atoms with van der Waals surface area (Å²) in [6.07, 6.45) is 4.21. The molecule has 0 bridgehead atoms. The van der Waals surface area contributed by atoms with Crippen molar-refractivity contribution in [2.75, 3.05) is 5.32 Å². The summed E-state index contributed by atoms with van der Waals surface area (Å²) in [7, 11) is 0. The van der Waals surface area contributed by atoms with E-state index in [1.807, 2.05) is 49.4 Å². The van der Waals surface area contributed by atoms with E-state index in [-0.39, 0.29) is 17.4 Å². The van der Waals surface area contributed by atoms with Gasteiger partial charge in [0.2, 0.25) is 5.91 Å². The number of para-hydroxylation sites is 1. The van der Waals surface area contributed by atoms with Crippen molar-refractivity contribution in [3.8, 4) is 5.69 Å². The molecule has 0 unspecified atom stereocenters. The Morgan fingerprint density at radius 3 is 2.50 bits per heavy atom. The van der Waals surface area contributed by atoms with E-state index >= 15 is 0 Å². The lowest BCUT2D eigenvalue weighted by Crippen LogP contribution is -2.22. The molecule has 1 saturated carbocycles. The van der Waals surface area contributed by atoms with Crippen molar-refractivity contribution in [2.24, 2.45) is 5.92 Å². The Morgan fingerprint density at radius 2 is 1.77 bits per heavy atom. The highest BCUT2D eigenvalue weighted by Crippen LogP contribution is 2.26. The first kappa shape index (κ1) is 16.5. The van der Waals surface area contributed by atoms with Crippen molar-refractivity contribution in [3.05, 3.63) is 64.7 Å². The van der Waals surface area contributed by atoms with Crippen LogP contribution in [0.4, 0.5) is 5.69 Å². The number of carbonyl (C=O) groups is 1. The van der Waals surface area contributed by atoms with Crippen LogP contribution >= 0.6 is 0 Å². The molecule has 1 heterocycles. The molecule has 0 saturated heterocycles. The Labute approximate surface area is 151 Å². The van der Waals surface area contributed by atoms with Crippen molar-refractivity contribution < 1.29 is 4.79 Å². The van der Waals surface area contributed by atoms with Crippen LogP contribution < -0.4 is 10.9 Å². The van der Waals surface area contributed by atoms with Gasteiger partial charge in [-0.25, -0.2) is 4.98 Å². The molecule has 0 atom stereocenters. The molecule has 5 heteroatoms. The van der Waals surface area contributed by atoms with Crippen LogP contribution in [0.1, 0.15) is 31.5 Å². The second kappa shape index (κ2) is 6.75. The van der Waals surface area contributed by atoms with Gasteiger partial charge in [0.1, 0.15) is 5.82 Å². The second-order valence-corrected chi connectivity index (χ2v) is 6.83. The van der Waals surface area contributed by atoms with Gasteiger partial charge in [-0.1, -0.05) is 25.0 Å². The number of rotatable bonds is 3. The van der Waals surface area contributed by atoms with E-state index in [0.29, 0.717) is 16.7 Å². The third-order valence-corrected chi connectivity index (χ3v) is 5.06.